The Balaban J connectivity index is 1.40. The fourth-order valence-corrected chi connectivity index (χ4v) is 5.18. The molecule has 8 nitrogen and oxygen atoms in total. The van der Waals surface area contributed by atoms with E-state index in [1.807, 2.05) is 71.3 Å². The standard InChI is InChI=1S/C28H26N6O2/c29-26-25-24(33-27(34(25)15-14-30-26)18-7-9-19(10-8-18)28(35)36)20-11-6-17-12-13-23(32-22(17)16-20)31-21-4-2-1-3-5-21/h1-6,11-16,18-19H,7-10H2,(H2,29,30)(H,31,32)(H,35,36). The summed E-state index contributed by atoms with van der Waals surface area (Å²) in [6.07, 6.45) is 6.45. The van der Waals surface area contributed by atoms with Gasteiger partial charge in [-0.05, 0) is 56.0 Å². The number of para-hydroxylation sites is 1. The van der Waals surface area contributed by atoms with Crippen LogP contribution in [0.2, 0.25) is 0 Å². The number of anilines is 3. The highest BCUT2D eigenvalue weighted by atomic mass is 16.4. The van der Waals surface area contributed by atoms with E-state index in [0.717, 1.165) is 57.8 Å². The Hall–Kier alpha value is -4.46. The quantitative estimate of drug-likeness (QED) is 0.300. The van der Waals surface area contributed by atoms with E-state index >= 15 is 0 Å². The van der Waals surface area contributed by atoms with Crippen molar-refractivity contribution < 1.29 is 9.90 Å². The molecule has 0 amide bonds. The van der Waals surface area contributed by atoms with Gasteiger partial charge in [0.05, 0.1) is 11.4 Å². The minimum atomic E-state index is -0.708. The molecule has 1 saturated carbocycles. The highest BCUT2D eigenvalue weighted by Crippen LogP contribution is 2.39. The van der Waals surface area contributed by atoms with E-state index in [0.29, 0.717) is 18.7 Å². The maximum atomic E-state index is 11.4. The number of nitrogens with one attached hydrogen (secondary N) is 1. The molecule has 36 heavy (non-hydrogen) atoms. The van der Waals surface area contributed by atoms with E-state index in [4.69, 9.17) is 15.7 Å². The second-order valence-corrected chi connectivity index (χ2v) is 9.33. The molecule has 180 valence electrons. The van der Waals surface area contributed by atoms with Crippen LogP contribution in [0.4, 0.5) is 17.3 Å². The van der Waals surface area contributed by atoms with E-state index in [1.165, 1.54) is 0 Å². The van der Waals surface area contributed by atoms with Crippen molar-refractivity contribution in [2.75, 3.05) is 11.1 Å². The molecule has 0 unspecified atom stereocenters. The number of fused-ring (bicyclic) bond motifs is 2. The number of hydrogen-bond donors (Lipinski definition) is 3. The van der Waals surface area contributed by atoms with Crippen LogP contribution in [0.15, 0.2) is 73.1 Å². The predicted molar refractivity (Wildman–Crippen MR) is 140 cm³/mol. The van der Waals surface area contributed by atoms with Crippen molar-refractivity contribution in [1.29, 1.82) is 0 Å². The van der Waals surface area contributed by atoms with Crippen LogP contribution in [-0.2, 0) is 4.79 Å². The van der Waals surface area contributed by atoms with Gasteiger partial charge in [0.1, 0.15) is 28.7 Å². The third-order valence-corrected chi connectivity index (χ3v) is 7.06. The number of rotatable bonds is 5. The average Bonchev–Trinajstić information content (AvgIpc) is 3.30. The predicted octanol–water partition coefficient (Wildman–Crippen LogP) is 5.63. The Labute approximate surface area is 207 Å². The number of carboxylic acid groups (broad SMARTS) is 1. The summed E-state index contributed by atoms with van der Waals surface area (Å²) in [7, 11) is 0. The first-order valence-electron chi connectivity index (χ1n) is 12.2. The van der Waals surface area contributed by atoms with Crippen molar-refractivity contribution in [3.05, 3.63) is 78.9 Å². The lowest BCUT2D eigenvalue weighted by Crippen LogP contribution is -2.21. The van der Waals surface area contributed by atoms with Crippen molar-refractivity contribution in [2.24, 2.45) is 5.92 Å². The summed E-state index contributed by atoms with van der Waals surface area (Å²) in [5.74, 6) is 1.27. The first-order valence-corrected chi connectivity index (χ1v) is 12.2. The number of imidazole rings is 1. The van der Waals surface area contributed by atoms with Crippen LogP contribution < -0.4 is 11.1 Å². The molecule has 3 heterocycles. The third kappa shape index (κ3) is 4.00. The lowest BCUT2D eigenvalue weighted by atomic mass is 9.81. The van der Waals surface area contributed by atoms with E-state index in [-0.39, 0.29) is 11.8 Å². The molecule has 3 aromatic heterocycles. The van der Waals surface area contributed by atoms with Crippen molar-refractivity contribution in [2.45, 2.75) is 31.6 Å². The van der Waals surface area contributed by atoms with Gasteiger partial charge in [-0.15, -0.1) is 0 Å². The first-order chi connectivity index (χ1) is 17.6. The monoisotopic (exact) mass is 478 g/mol. The van der Waals surface area contributed by atoms with Gasteiger partial charge in [-0.2, -0.15) is 0 Å². The van der Waals surface area contributed by atoms with Crippen LogP contribution >= 0.6 is 0 Å². The summed E-state index contributed by atoms with van der Waals surface area (Å²) in [6, 6.07) is 20.1. The van der Waals surface area contributed by atoms with Crippen molar-refractivity contribution in [3.63, 3.8) is 0 Å². The fourth-order valence-electron chi connectivity index (χ4n) is 5.18. The molecule has 5 aromatic rings. The topological polar surface area (TPSA) is 118 Å². The lowest BCUT2D eigenvalue weighted by molar-refractivity contribution is -0.142. The number of nitrogens with two attached hydrogens (primary N) is 1. The van der Waals surface area contributed by atoms with Crippen molar-refractivity contribution in [1.82, 2.24) is 19.4 Å². The average molecular weight is 479 g/mol. The van der Waals surface area contributed by atoms with E-state index in [2.05, 4.69) is 10.3 Å². The van der Waals surface area contributed by atoms with E-state index in [9.17, 15) is 9.90 Å². The van der Waals surface area contributed by atoms with Crippen LogP contribution in [0.3, 0.4) is 0 Å². The second-order valence-electron chi connectivity index (χ2n) is 9.33. The summed E-state index contributed by atoms with van der Waals surface area (Å²) in [6.45, 7) is 0. The number of carboxylic acids is 1. The molecule has 4 N–H and O–H groups in total. The zero-order valence-electron chi connectivity index (χ0n) is 19.6. The number of aromatic nitrogens is 4. The number of pyridine rings is 1. The molecule has 0 bridgehead atoms. The number of carbonyl (C=O) groups is 1. The molecule has 1 aliphatic rings. The third-order valence-electron chi connectivity index (χ3n) is 7.06. The van der Waals surface area contributed by atoms with Gasteiger partial charge in [0.15, 0.2) is 0 Å². The Kier molecular flexibility index (Phi) is 5.48. The van der Waals surface area contributed by atoms with Gasteiger partial charge in [0.25, 0.3) is 0 Å². The summed E-state index contributed by atoms with van der Waals surface area (Å²) < 4.78 is 2.02. The summed E-state index contributed by atoms with van der Waals surface area (Å²) in [4.78, 5) is 25.6. The molecule has 1 aliphatic carbocycles. The summed E-state index contributed by atoms with van der Waals surface area (Å²) >= 11 is 0. The first kappa shape index (κ1) is 22.0. The van der Waals surface area contributed by atoms with E-state index in [1.54, 1.807) is 6.20 Å². The van der Waals surface area contributed by atoms with Crippen LogP contribution in [-0.4, -0.2) is 30.4 Å². The summed E-state index contributed by atoms with van der Waals surface area (Å²) in [5, 5.41) is 13.8. The van der Waals surface area contributed by atoms with E-state index < -0.39 is 5.97 Å². The van der Waals surface area contributed by atoms with Gasteiger partial charge < -0.3 is 16.2 Å². The normalized spacial score (nSPS) is 17.9. The second kappa shape index (κ2) is 8.96. The Morgan fingerprint density at radius 2 is 1.78 bits per heavy atom. The van der Waals surface area contributed by atoms with Gasteiger partial charge in [0, 0.05) is 34.9 Å². The van der Waals surface area contributed by atoms with Gasteiger partial charge >= 0.3 is 5.97 Å². The zero-order valence-corrected chi connectivity index (χ0v) is 19.6. The van der Waals surface area contributed by atoms with Crippen LogP contribution in [0.5, 0.6) is 0 Å². The molecule has 0 atom stereocenters. The summed E-state index contributed by atoms with van der Waals surface area (Å²) in [5.41, 5.74) is 10.6. The van der Waals surface area contributed by atoms with Crippen LogP contribution in [0.1, 0.15) is 37.4 Å². The minimum absolute atomic E-state index is 0.170. The minimum Gasteiger partial charge on any atom is -0.481 e. The molecule has 6 rings (SSSR count). The number of benzene rings is 2. The molecule has 0 spiro atoms. The molecule has 1 fully saturated rings. The maximum Gasteiger partial charge on any atom is 0.306 e. The zero-order chi connectivity index (χ0) is 24.6. The number of hydrogen-bond acceptors (Lipinski definition) is 6. The number of nitrogens with zero attached hydrogens (tertiary/aromatic N) is 4. The Morgan fingerprint density at radius 1 is 1.00 bits per heavy atom. The highest BCUT2D eigenvalue weighted by molar-refractivity contribution is 5.91. The van der Waals surface area contributed by atoms with Gasteiger partial charge in [0.2, 0.25) is 0 Å². The number of aliphatic carboxylic acids is 1. The fraction of sp³-hybridized carbons (Fsp3) is 0.214. The van der Waals surface area contributed by atoms with Crippen molar-refractivity contribution in [3.8, 4) is 11.3 Å². The Bertz CT molecular complexity index is 1570. The molecule has 0 aliphatic heterocycles. The smallest absolute Gasteiger partial charge is 0.306 e. The molecule has 2 aromatic carbocycles. The highest BCUT2D eigenvalue weighted by Gasteiger charge is 2.30. The number of nitrogen functional groups attached to an aromatic ring is 1. The maximum absolute atomic E-state index is 11.4. The molecule has 8 heteroatoms. The van der Waals surface area contributed by atoms with Crippen LogP contribution in [0, 0.1) is 5.92 Å². The van der Waals surface area contributed by atoms with Gasteiger partial charge in [-0.25, -0.2) is 15.0 Å². The van der Waals surface area contributed by atoms with Crippen molar-refractivity contribution >= 4 is 39.7 Å². The molecular formula is C28H26N6O2. The van der Waals surface area contributed by atoms with Gasteiger partial charge in [-0.3, -0.25) is 9.20 Å². The van der Waals surface area contributed by atoms with Gasteiger partial charge in [-0.1, -0.05) is 30.3 Å². The largest absolute Gasteiger partial charge is 0.481 e. The SMILES string of the molecule is Nc1nccn2c(C3CCC(C(=O)O)CC3)nc(-c3ccc4ccc(Nc5ccccc5)nc4c3)c12. The molecule has 0 radical (unpaired) electrons. The molecular weight excluding hydrogens is 452 g/mol. The Morgan fingerprint density at radius 3 is 2.56 bits per heavy atom. The molecule has 0 saturated heterocycles. The van der Waals surface area contributed by atoms with Crippen LogP contribution in [0.25, 0.3) is 27.7 Å². The lowest BCUT2D eigenvalue weighted by Gasteiger charge is -2.25.